The molecule has 2 unspecified atom stereocenters. The molecule has 1 fully saturated rings. The Bertz CT molecular complexity index is 458. The van der Waals surface area contributed by atoms with Gasteiger partial charge in [-0.15, -0.1) is 0 Å². The van der Waals surface area contributed by atoms with Crippen molar-refractivity contribution in [3.63, 3.8) is 0 Å². The van der Waals surface area contributed by atoms with E-state index >= 15 is 0 Å². The van der Waals surface area contributed by atoms with Crippen LogP contribution in [0.2, 0.25) is 0 Å². The second-order valence-electron chi connectivity index (χ2n) is 4.97. The lowest BCUT2D eigenvalue weighted by Gasteiger charge is -2.39. The van der Waals surface area contributed by atoms with Crippen LogP contribution in [-0.4, -0.2) is 38.9 Å². The third kappa shape index (κ3) is 2.59. The zero-order valence-electron chi connectivity index (χ0n) is 11.3. The molecule has 0 aromatic carbocycles. The Morgan fingerprint density at radius 3 is 2.74 bits per heavy atom. The van der Waals surface area contributed by atoms with Gasteiger partial charge in [-0.2, -0.15) is 4.98 Å². The number of hydrogen-bond acceptors (Lipinski definition) is 5. The molecule has 19 heavy (non-hydrogen) atoms. The molecule has 2 rings (SSSR count). The fraction of sp³-hybridized carbons (Fsp3) is 0.667. The molecule has 7 heteroatoms. The van der Waals surface area contributed by atoms with Crippen LogP contribution in [0.15, 0.2) is 10.9 Å². The molecule has 1 saturated heterocycles. The molecule has 1 aromatic heterocycles. The molecule has 2 heterocycles. The maximum Gasteiger partial charge on any atom is 0.246 e. The predicted molar refractivity (Wildman–Crippen MR) is 65.7 cm³/mol. The van der Waals surface area contributed by atoms with Crippen molar-refractivity contribution in [1.82, 2.24) is 20.4 Å². The van der Waals surface area contributed by atoms with E-state index in [9.17, 15) is 9.59 Å². The van der Waals surface area contributed by atoms with Crippen molar-refractivity contribution in [2.45, 2.75) is 45.8 Å². The lowest BCUT2D eigenvalue weighted by molar-refractivity contribution is -0.151. The summed E-state index contributed by atoms with van der Waals surface area (Å²) in [6.45, 7) is 5.88. The molecule has 1 aliphatic rings. The molecule has 2 amide bonds. The van der Waals surface area contributed by atoms with Gasteiger partial charge in [0.25, 0.3) is 0 Å². The van der Waals surface area contributed by atoms with E-state index in [2.05, 4.69) is 20.0 Å². The van der Waals surface area contributed by atoms with Gasteiger partial charge in [-0.25, -0.2) is 0 Å². The Balaban J connectivity index is 2.23. The zero-order valence-corrected chi connectivity index (χ0v) is 11.3. The van der Waals surface area contributed by atoms with Gasteiger partial charge in [0.15, 0.2) is 5.82 Å². The van der Waals surface area contributed by atoms with Crippen molar-refractivity contribution in [3.8, 4) is 0 Å². The molecular weight excluding hydrogens is 248 g/mol. The first-order chi connectivity index (χ1) is 9.04. The number of hydrogen-bond donors (Lipinski definition) is 1. The van der Waals surface area contributed by atoms with E-state index in [4.69, 9.17) is 0 Å². The van der Waals surface area contributed by atoms with Crippen molar-refractivity contribution in [2.75, 3.05) is 0 Å². The fourth-order valence-electron chi connectivity index (χ4n) is 2.25. The average molecular weight is 266 g/mol. The van der Waals surface area contributed by atoms with Crippen LogP contribution in [0.3, 0.4) is 0 Å². The van der Waals surface area contributed by atoms with Crippen molar-refractivity contribution < 1.29 is 14.1 Å². The second-order valence-corrected chi connectivity index (χ2v) is 4.97. The van der Waals surface area contributed by atoms with Gasteiger partial charge in [0.1, 0.15) is 12.1 Å². The van der Waals surface area contributed by atoms with Crippen LogP contribution in [0.25, 0.3) is 0 Å². The summed E-state index contributed by atoms with van der Waals surface area (Å²) in [7, 11) is 0. The lowest BCUT2D eigenvalue weighted by atomic mass is 9.97. The molecule has 0 bridgehead atoms. The number of piperazine rings is 1. The van der Waals surface area contributed by atoms with Crippen LogP contribution < -0.4 is 5.32 Å². The first kappa shape index (κ1) is 13.5. The van der Waals surface area contributed by atoms with Crippen molar-refractivity contribution in [1.29, 1.82) is 0 Å². The Morgan fingerprint density at radius 1 is 1.47 bits per heavy atom. The minimum Gasteiger partial charge on any atom is -0.343 e. The number of carbonyl (C=O) groups excluding carboxylic acids is 2. The van der Waals surface area contributed by atoms with Crippen LogP contribution >= 0.6 is 0 Å². The summed E-state index contributed by atoms with van der Waals surface area (Å²) >= 11 is 0. The minimum absolute atomic E-state index is 0.0435. The number of rotatable bonds is 4. The summed E-state index contributed by atoms with van der Waals surface area (Å²) in [5, 5.41) is 6.48. The van der Waals surface area contributed by atoms with Gasteiger partial charge in [-0.3, -0.25) is 9.59 Å². The maximum atomic E-state index is 12.4. The van der Waals surface area contributed by atoms with Crippen LogP contribution in [0.1, 0.15) is 33.0 Å². The normalized spacial score (nSPS) is 23.9. The van der Waals surface area contributed by atoms with Crippen molar-refractivity contribution >= 4 is 11.8 Å². The van der Waals surface area contributed by atoms with Crippen LogP contribution in [0, 0.1) is 5.92 Å². The van der Waals surface area contributed by atoms with Crippen LogP contribution in [0.4, 0.5) is 0 Å². The molecule has 1 aliphatic heterocycles. The van der Waals surface area contributed by atoms with Crippen LogP contribution in [-0.2, 0) is 16.1 Å². The van der Waals surface area contributed by atoms with E-state index in [1.165, 1.54) is 11.3 Å². The van der Waals surface area contributed by atoms with E-state index in [1.54, 1.807) is 0 Å². The second kappa shape index (κ2) is 5.38. The van der Waals surface area contributed by atoms with Gasteiger partial charge in [-0.1, -0.05) is 25.9 Å². The third-order valence-electron chi connectivity index (χ3n) is 3.30. The van der Waals surface area contributed by atoms with Gasteiger partial charge < -0.3 is 14.7 Å². The first-order valence-corrected chi connectivity index (χ1v) is 6.40. The smallest absolute Gasteiger partial charge is 0.246 e. The highest BCUT2D eigenvalue weighted by atomic mass is 16.5. The number of aromatic nitrogens is 2. The monoisotopic (exact) mass is 266 g/mol. The SMILES string of the molecule is CCC1C(=O)NC(C(C)C)C(=O)N1Cc1ncon1. The minimum atomic E-state index is -0.484. The average Bonchev–Trinajstić information content (AvgIpc) is 2.86. The largest absolute Gasteiger partial charge is 0.343 e. The van der Waals surface area contributed by atoms with Gasteiger partial charge in [0, 0.05) is 0 Å². The maximum absolute atomic E-state index is 12.4. The Hall–Kier alpha value is -1.92. The molecule has 7 nitrogen and oxygen atoms in total. The van der Waals surface area contributed by atoms with Gasteiger partial charge in [0.05, 0.1) is 6.54 Å². The van der Waals surface area contributed by atoms with E-state index < -0.39 is 12.1 Å². The van der Waals surface area contributed by atoms with E-state index in [1.807, 2.05) is 20.8 Å². The summed E-state index contributed by atoms with van der Waals surface area (Å²) in [5.41, 5.74) is 0. The van der Waals surface area contributed by atoms with Crippen LogP contribution in [0.5, 0.6) is 0 Å². The first-order valence-electron chi connectivity index (χ1n) is 6.40. The van der Waals surface area contributed by atoms with Crippen molar-refractivity contribution in [3.05, 3.63) is 12.2 Å². The molecular formula is C12H18N4O3. The van der Waals surface area contributed by atoms with E-state index in [0.29, 0.717) is 12.2 Å². The molecule has 1 N–H and O–H groups in total. The Morgan fingerprint density at radius 2 is 2.21 bits per heavy atom. The molecule has 104 valence electrons. The number of nitrogens with one attached hydrogen (secondary N) is 1. The number of carbonyl (C=O) groups is 2. The van der Waals surface area contributed by atoms with Crippen molar-refractivity contribution in [2.24, 2.45) is 5.92 Å². The number of amides is 2. The lowest BCUT2D eigenvalue weighted by Crippen LogP contribution is -2.64. The summed E-state index contributed by atoms with van der Waals surface area (Å²) in [5.74, 6) is 0.238. The van der Waals surface area contributed by atoms with Gasteiger partial charge in [-0.05, 0) is 12.3 Å². The standard InChI is InChI=1S/C12H18N4O3/c1-4-8-11(17)14-10(7(2)3)12(18)16(8)5-9-13-6-19-15-9/h6-8,10H,4-5H2,1-3H3,(H,14,17). The summed E-state index contributed by atoms with van der Waals surface area (Å²) in [6, 6.07) is -0.955. The highest BCUT2D eigenvalue weighted by molar-refractivity contribution is 5.97. The summed E-state index contributed by atoms with van der Waals surface area (Å²) in [6.07, 6.45) is 1.77. The quantitative estimate of drug-likeness (QED) is 0.848. The highest BCUT2D eigenvalue weighted by Gasteiger charge is 2.41. The molecule has 0 saturated carbocycles. The summed E-state index contributed by atoms with van der Waals surface area (Å²) < 4.78 is 4.66. The molecule has 0 aliphatic carbocycles. The van der Waals surface area contributed by atoms with Gasteiger partial charge in [0.2, 0.25) is 18.2 Å². The third-order valence-corrected chi connectivity index (χ3v) is 3.30. The molecule has 1 aromatic rings. The molecule has 0 radical (unpaired) electrons. The Kier molecular flexibility index (Phi) is 3.82. The van der Waals surface area contributed by atoms with E-state index in [0.717, 1.165) is 0 Å². The Labute approximate surface area is 111 Å². The summed E-state index contributed by atoms with van der Waals surface area (Å²) in [4.78, 5) is 29.9. The van der Waals surface area contributed by atoms with E-state index in [-0.39, 0.29) is 24.3 Å². The predicted octanol–water partition coefficient (Wildman–Crippen LogP) is 0.331. The fourth-order valence-corrected chi connectivity index (χ4v) is 2.25. The highest BCUT2D eigenvalue weighted by Crippen LogP contribution is 2.19. The zero-order chi connectivity index (χ0) is 14.0. The number of nitrogens with zero attached hydrogens (tertiary/aromatic N) is 3. The molecule has 2 atom stereocenters. The molecule has 0 spiro atoms. The van der Waals surface area contributed by atoms with Gasteiger partial charge >= 0.3 is 0 Å². The topological polar surface area (TPSA) is 88.3 Å².